The van der Waals surface area contributed by atoms with Gasteiger partial charge in [0.25, 0.3) is 5.91 Å². The minimum atomic E-state index is -0.273. The van der Waals surface area contributed by atoms with Gasteiger partial charge >= 0.3 is 0 Å². The molecule has 0 bridgehead atoms. The number of rotatable bonds is 4. The number of aromatic nitrogens is 3. The van der Waals surface area contributed by atoms with Crippen molar-refractivity contribution in [3.8, 4) is 5.69 Å². The van der Waals surface area contributed by atoms with Crippen LogP contribution in [0.3, 0.4) is 0 Å². The highest BCUT2D eigenvalue weighted by Gasteiger charge is 2.20. The van der Waals surface area contributed by atoms with Crippen LogP contribution >= 0.6 is 11.6 Å². The Morgan fingerprint density at radius 1 is 1.50 bits per heavy atom. The lowest BCUT2D eigenvalue weighted by Crippen LogP contribution is -2.30. The van der Waals surface area contributed by atoms with E-state index in [9.17, 15) is 4.79 Å². The van der Waals surface area contributed by atoms with Crippen LogP contribution in [-0.2, 0) is 0 Å². The van der Waals surface area contributed by atoms with Gasteiger partial charge in [-0.3, -0.25) is 4.79 Å². The van der Waals surface area contributed by atoms with Gasteiger partial charge in [0.1, 0.15) is 0 Å². The maximum absolute atomic E-state index is 12.1. The third-order valence-corrected chi connectivity index (χ3v) is 3.17. The Balaban J connectivity index is 2.34. The first-order valence-electron chi connectivity index (χ1n) is 6.09. The molecule has 0 aliphatic heterocycles. The number of carbonyl (C=O) groups is 1. The van der Waals surface area contributed by atoms with Gasteiger partial charge in [-0.2, -0.15) is 0 Å². The van der Waals surface area contributed by atoms with Crippen molar-refractivity contribution >= 4 is 17.5 Å². The van der Waals surface area contributed by atoms with Crippen molar-refractivity contribution in [2.24, 2.45) is 0 Å². The van der Waals surface area contributed by atoms with Crippen molar-refractivity contribution < 1.29 is 9.90 Å². The SMILES string of the molecule is Cc1c(C(=O)N(C)CCO)nnn1-c1cccc(Cl)c1. The summed E-state index contributed by atoms with van der Waals surface area (Å²) in [6.45, 7) is 1.92. The molecule has 20 heavy (non-hydrogen) atoms. The number of aliphatic hydroxyl groups is 1. The molecule has 2 aromatic rings. The molecule has 7 heteroatoms. The van der Waals surface area contributed by atoms with Crippen LogP contribution in [0.25, 0.3) is 5.69 Å². The molecule has 0 saturated carbocycles. The Morgan fingerprint density at radius 3 is 2.90 bits per heavy atom. The Hall–Kier alpha value is -1.92. The second-order valence-electron chi connectivity index (χ2n) is 4.37. The quantitative estimate of drug-likeness (QED) is 0.922. The average molecular weight is 295 g/mol. The summed E-state index contributed by atoms with van der Waals surface area (Å²) < 4.78 is 1.56. The molecule has 1 aromatic heterocycles. The normalized spacial score (nSPS) is 10.6. The van der Waals surface area contributed by atoms with Crippen molar-refractivity contribution in [3.05, 3.63) is 40.7 Å². The fraction of sp³-hybridized carbons (Fsp3) is 0.308. The number of aliphatic hydroxyl groups excluding tert-OH is 1. The van der Waals surface area contributed by atoms with Crippen molar-refractivity contribution in [1.29, 1.82) is 0 Å². The van der Waals surface area contributed by atoms with Crippen LogP contribution in [0.2, 0.25) is 5.02 Å². The molecular weight excluding hydrogens is 280 g/mol. The van der Waals surface area contributed by atoms with Crippen LogP contribution in [0.15, 0.2) is 24.3 Å². The van der Waals surface area contributed by atoms with Crippen molar-refractivity contribution in [2.45, 2.75) is 6.92 Å². The minimum absolute atomic E-state index is 0.0935. The van der Waals surface area contributed by atoms with Crippen LogP contribution in [0, 0.1) is 6.92 Å². The van der Waals surface area contributed by atoms with Gasteiger partial charge < -0.3 is 10.0 Å². The first kappa shape index (κ1) is 14.5. The van der Waals surface area contributed by atoms with E-state index in [2.05, 4.69) is 10.3 Å². The van der Waals surface area contributed by atoms with Crippen LogP contribution in [0.4, 0.5) is 0 Å². The lowest BCUT2D eigenvalue weighted by Gasteiger charge is -2.14. The summed E-state index contributed by atoms with van der Waals surface area (Å²) in [5.74, 6) is -0.273. The molecule has 0 aliphatic rings. The third-order valence-electron chi connectivity index (χ3n) is 2.93. The Bertz CT molecular complexity index is 627. The van der Waals surface area contributed by atoms with Gasteiger partial charge in [-0.25, -0.2) is 4.68 Å². The number of nitrogens with zero attached hydrogens (tertiary/aromatic N) is 4. The molecule has 1 amide bonds. The largest absolute Gasteiger partial charge is 0.395 e. The fourth-order valence-corrected chi connectivity index (χ4v) is 2.00. The summed E-state index contributed by atoms with van der Waals surface area (Å²) in [4.78, 5) is 13.5. The van der Waals surface area contributed by atoms with Gasteiger partial charge in [0.2, 0.25) is 0 Å². The standard InChI is InChI=1S/C13H15ClN4O2/c1-9-12(13(20)17(2)6-7-19)15-16-18(9)11-5-3-4-10(14)8-11/h3-5,8,19H,6-7H2,1-2H3. The second kappa shape index (κ2) is 6.02. The van der Waals surface area contributed by atoms with E-state index < -0.39 is 0 Å². The molecule has 0 spiro atoms. The first-order chi connectivity index (χ1) is 9.54. The van der Waals surface area contributed by atoms with E-state index in [0.29, 0.717) is 10.7 Å². The van der Waals surface area contributed by atoms with E-state index in [1.165, 1.54) is 4.90 Å². The third kappa shape index (κ3) is 2.81. The van der Waals surface area contributed by atoms with Crippen LogP contribution in [0.5, 0.6) is 0 Å². The lowest BCUT2D eigenvalue weighted by molar-refractivity contribution is 0.0760. The number of hydrogen-bond donors (Lipinski definition) is 1. The zero-order valence-corrected chi connectivity index (χ0v) is 12.0. The molecule has 0 fully saturated rings. The predicted octanol–water partition coefficient (Wildman–Crippen LogP) is 1.29. The van der Waals surface area contributed by atoms with Gasteiger partial charge in [0, 0.05) is 18.6 Å². The number of benzene rings is 1. The zero-order chi connectivity index (χ0) is 14.7. The summed E-state index contributed by atoms with van der Waals surface area (Å²) in [7, 11) is 1.61. The highest BCUT2D eigenvalue weighted by Crippen LogP contribution is 2.17. The summed E-state index contributed by atoms with van der Waals surface area (Å²) >= 11 is 5.94. The average Bonchev–Trinajstić information content (AvgIpc) is 2.80. The number of halogens is 1. The topological polar surface area (TPSA) is 71.2 Å². The van der Waals surface area contributed by atoms with Crippen LogP contribution in [0.1, 0.15) is 16.2 Å². The molecule has 6 nitrogen and oxygen atoms in total. The molecule has 1 heterocycles. The van der Waals surface area contributed by atoms with Gasteiger partial charge in [-0.15, -0.1) is 5.10 Å². The molecule has 0 unspecified atom stereocenters. The summed E-state index contributed by atoms with van der Waals surface area (Å²) in [6.07, 6.45) is 0. The molecule has 0 saturated heterocycles. The minimum Gasteiger partial charge on any atom is -0.395 e. The highest BCUT2D eigenvalue weighted by atomic mass is 35.5. The molecule has 106 valence electrons. The van der Waals surface area contributed by atoms with E-state index in [0.717, 1.165) is 5.69 Å². The van der Waals surface area contributed by atoms with Crippen molar-refractivity contribution in [1.82, 2.24) is 19.9 Å². The molecule has 0 aliphatic carbocycles. The highest BCUT2D eigenvalue weighted by molar-refractivity contribution is 6.30. The number of carbonyl (C=O) groups excluding carboxylic acids is 1. The molecule has 2 rings (SSSR count). The van der Waals surface area contributed by atoms with Gasteiger partial charge in [0.05, 0.1) is 18.0 Å². The molecule has 1 N–H and O–H groups in total. The van der Waals surface area contributed by atoms with Gasteiger partial charge in [-0.1, -0.05) is 22.9 Å². The summed E-state index contributed by atoms with van der Waals surface area (Å²) in [5.41, 5.74) is 1.63. The van der Waals surface area contributed by atoms with Crippen molar-refractivity contribution in [3.63, 3.8) is 0 Å². The monoisotopic (exact) mass is 294 g/mol. The van der Waals surface area contributed by atoms with E-state index in [-0.39, 0.29) is 24.8 Å². The molecular formula is C13H15ClN4O2. The van der Waals surface area contributed by atoms with E-state index in [1.54, 1.807) is 36.9 Å². The number of hydrogen-bond acceptors (Lipinski definition) is 4. The van der Waals surface area contributed by atoms with E-state index in [4.69, 9.17) is 16.7 Å². The number of likely N-dealkylation sites (N-methyl/N-ethyl adjacent to an activating group) is 1. The predicted molar refractivity (Wildman–Crippen MR) is 75.2 cm³/mol. The molecule has 1 aromatic carbocycles. The fourth-order valence-electron chi connectivity index (χ4n) is 1.81. The van der Waals surface area contributed by atoms with Gasteiger partial charge in [0.15, 0.2) is 5.69 Å². The number of amides is 1. The Kier molecular flexibility index (Phi) is 4.36. The van der Waals surface area contributed by atoms with Crippen LogP contribution < -0.4 is 0 Å². The molecule has 0 radical (unpaired) electrons. The summed E-state index contributed by atoms with van der Waals surface area (Å²) in [6, 6.07) is 7.14. The van der Waals surface area contributed by atoms with E-state index in [1.807, 2.05) is 6.07 Å². The van der Waals surface area contributed by atoms with Gasteiger partial charge in [-0.05, 0) is 25.1 Å². The van der Waals surface area contributed by atoms with Crippen LogP contribution in [-0.4, -0.2) is 51.1 Å². The smallest absolute Gasteiger partial charge is 0.276 e. The zero-order valence-electron chi connectivity index (χ0n) is 11.2. The second-order valence-corrected chi connectivity index (χ2v) is 4.80. The van der Waals surface area contributed by atoms with Crippen molar-refractivity contribution in [2.75, 3.05) is 20.2 Å². The van der Waals surface area contributed by atoms with E-state index >= 15 is 0 Å². The maximum Gasteiger partial charge on any atom is 0.276 e. The molecule has 0 atom stereocenters. The summed E-state index contributed by atoms with van der Waals surface area (Å²) in [5, 5.41) is 17.4. The first-order valence-corrected chi connectivity index (χ1v) is 6.47. The Labute approximate surface area is 121 Å². The Morgan fingerprint density at radius 2 is 2.25 bits per heavy atom. The maximum atomic E-state index is 12.1. The lowest BCUT2D eigenvalue weighted by atomic mass is 10.2.